The number of nitrogens with zero attached hydrogens (tertiary/aromatic N) is 3. The van der Waals surface area contributed by atoms with Gasteiger partial charge in [0.15, 0.2) is 0 Å². The van der Waals surface area contributed by atoms with E-state index in [-0.39, 0.29) is 58.2 Å². The zero-order valence-corrected chi connectivity index (χ0v) is 16.0. The Morgan fingerprint density at radius 1 is 1.17 bits per heavy atom. The van der Waals surface area contributed by atoms with E-state index in [2.05, 4.69) is 21.1 Å². The number of hydrogen-bond donors (Lipinski definition) is 0. The molecule has 0 amide bonds. The maximum atomic E-state index is 5.75. The minimum absolute atomic E-state index is 0. The number of fused-ring (bicyclic) bond motifs is 1. The van der Waals surface area contributed by atoms with E-state index >= 15 is 0 Å². The van der Waals surface area contributed by atoms with Gasteiger partial charge in [0, 0.05) is 12.0 Å². The first kappa shape index (κ1) is 14.7. The molecule has 0 atom stereocenters. The van der Waals surface area contributed by atoms with Crippen molar-refractivity contribution >= 4 is 11.6 Å². The fraction of sp³-hybridized carbons (Fsp3) is 0.308. The summed E-state index contributed by atoms with van der Waals surface area (Å²) in [4.78, 5) is 12.9. The predicted molar refractivity (Wildman–Crippen MR) is 65.8 cm³/mol. The van der Waals surface area contributed by atoms with Crippen molar-refractivity contribution in [2.75, 3.05) is 0 Å². The third kappa shape index (κ3) is 3.25. The summed E-state index contributed by atoms with van der Waals surface area (Å²) in [6, 6.07) is 3.63. The minimum atomic E-state index is 0. The molecule has 2 aromatic heterocycles. The SMILES string of the molecule is Clc1ccc(-c2n[c-]c3c(n2)CCCC3)cn1.[Rb+]. The maximum Gasteiger partial charge on any atom is 1.00 e. The zero-order chi connectivity index (χ0) is 11.7. The number of halogens is 1. The van der Waals surface area contributed by atoms with Gasteiger partial charge in [0.25, 0.3) is 0 Å². The quantitative estimate of drug-likeness (QED) is 0.540. The van der Waals surface area contributed by atoms with Crippen molar-refractivity contribution in [3.05, 3.63) is 40.9 Å². The average Bonchev–Trinajstić information content (AvgIpc) is 2.39. The molecule has 0 N–H and O–H groups in total. The Morgan fingerprint density at radius 2 is 2.00 bits per heavy atom. The van der Waals surface area contributed by atoms with Gasteiger partial charge in [-0.1, -0.05) is 48.8 Å². The van der Waals surface area contributed by atoms with Crippen molar-refractivity contribution < 1.29 is 58.2 Å². The van der Waals surface area contributed by atoms with Crippen molar-refractivity contribution in [3.8, 4) is 11.4 Å². The first-order valence-electron chi connectivity index (χ1n) is 5.72. The number of rotatable bonds is 1. The molecular formula is C13H11ClN3Rb. The van der Waals surface area contributed by atoms with Gasteiger partial charge in [-0.05, 0) is 18.1 Å². The Hall–Kier alpha value is 0.325. The standard InChI is InChI=1S/C13H11ClN3.Rb/c14-12-6-5-10(8-15-12)13-16-7-9-3-1-2-4-11(9)17-13;/h5-6,8H,1-4H2;/q-1;+1. The molecule has 0 aromatic carbocycles. The summed E-state index contributed by atoms with van der Waals surface area (Å²) in [5.74, 6) is 0.690. The van der Waals surface area contributed by atoms with Crippen LogP contribution in [0, 0.1) is 6.20 Å². The number of aromatic nitrogens is 3. The van der Waals surface area contributed by atoms with Crippen LogP contribution in [0.5, 0.6) is 0 Å². The van der Waals surface area contributed by atoms with Gasteiger partial charge < -0.3 is 9.97 Å². The van der Waals surface area contributed by atoms with Crippen LogP contribution in [0.3, 0.4) is 0 Å². The van der Waals surface area contributed by atoms with Crippen LogP contribution in [0.1, 0.15) is 24.1 Å². The van der Waals surface area contributed by atoms with Gasteiger partial charge in [-0.25, -0.2) is 4.98 Å². The van der Waals surface area contributed by atoms with Crippen molar-refractivity contribution in [2.24, 2.45) is 0 Å². The summed E-state index contributed by atoms with van der Waals surface area (Å²) in [6.07, 6.45) is 9.29. The summed E-state index contributed by atoms with van der Waals surface area (Å²) in [5, 5.41) is 0.482. The molecule has 3 nitrogen and oxygen atoms in total. The van der Waals surface area contributed by atoms with Gasteiger partial charge in [-0.2, -0.15) is 0 Å². The molecule has 5 heteroatoms. The second-order valence-electron chi connectivity index (χ2n) is 4.16. The van der Waals surface area contributed by atoms with Crippen molar-refractivity contribution in [3.63, 3.8) is 0 Å². The fourth-order valence-corrected chi connectivity index (χ4v) is 2.16. The molecule has 0 spiro atoms. The molecule has 3 rings (SSSR count). The number of hydrogen-bond acceptors (Lipinski definition) is 3. The Kier molecular flexibility index (Phi) is 5.45. The summed E-state index contributed by atoms with van der Waals surface area (Å²) in [7, 11) is 0. The number of aryl methyl sites for hydroxylation is 2. The predicted octanol–water partition coefficient (Wildman–Crippen LogP) is -0.125. The second-order valence-corrected chi connectivity index (χ2v) is 4.55. The zero-order valence-electron chi connectivity index (χ0n) is 10.3. The molecule has 0 bridgehead atoms. The van der Waals surface area contributed by atoms with E-state index in [0.29, 0.717) is 11.0 Å². The van der Waals surface area contributed by atoms with Crippen LogP contribution in [0.15, 0.2) is 18.3 Å². The Labute approximate surface area is 160 Å². The van der Waals surface area contributed by atoms with Crippen LogP contribution < -0.4 is 58.2 Å². The maximum absolute atomic E-state index is 5.75. The molecular weight excluding hydrogens is 319 g/mol. The molecule has 0 saturated carbocycles. The molecule has 0 fully saturated rings. The van der Waals surface area contributed by atoms with Crippen LogP contribution >= 0.6 is 11.6 Å². The molecule has 18 heavy (non-hydrogen) atoms. The number of pyridine rings is 1. The van der Waals surface area contributed by atoms with E-state index < -0.39 is 0 Å². The molecule has 0 radical (unpaired) electrons. The van der Waals surface area contributed by atoms with E-state index in [1.54, 1.807) is 12.3 Å². The van der Waals surface area contributed by atoms with Crippen LogP contribution in [-0.2, 0) is 12.8 Å². The van der Waals surface area contributed by atoms with Gasteiger partial charge >= 0.3 is 58.2 Å². The molecule has 2 heterocycles. The van der Waals surface area contributed by atoms with Gasteiger partial charge in [0.1, 0.15) is 5.15 Å². The van der Waals surface area contributed by atoms with E-state index in [1.807, 2.05) is 6.07 Å². The van der Waals surface area contributed by atoms with Crippen LogP contribution in [0.4, 0.5) is 0 Å². The topological polar surface area (TPSA) is 38.7 Å². The first-order valence-corrected chi connectivity index (χ1v) is 6.10. The molecule has 1 aliphatic rings. The Balaban J connectivity index is 0.00000120. The largest absolute Gasteiger partial charge is 1.00 e. The summed E-state index contributed by atoms with van der Waals surface area (Å²) < 4.78 is 0. The molecule has 0 saturated heterocycles. The van der Waals surface area contributed by atoms with Crippen molar-refractivity contribution in [1.29, 1.82) is 0 Å². The van der Waals surface area contributed by atoms with E-state index in [0.717, 1.165) is 24.1 Å². The Bertz CT molecular complexity index is 542. The molecule has 0 unspecified atom stereocenters. The van der Waals surface area contributed by atoms with Crippen LogP contribution in [-0.4, -0.2) is 15.0 Å². The molecule has 0 aliphatic heterocycles. The van der Waals surface area contributed by atoms with E-state index in [1.165, 1.54) is 18.4 Å². The van der Waals surface area contributed by atoms with Crippen LogP contribution in [0.25, 0.3) is 11.4 Å². The van der Waals surface area contributed by atoms with Crippen LogP contribution in [0.2, 0.25) is 5.15 Å². The fourth-order valence-electron chi connectivity index (χ4n) is 2.04. The van der Waals surface area contributed by atoms with E-state index in [9.17, 15) is 0 Å². The monoisotopic (exact) mass is 329 g/mol. The summed E-state index contributed by atoms with van der Waals surface area (Å²) >= 11 is 5.75. The normalized spacial score (nSPS) is 13.6. The summed E-state index contributed by atoms with van der Waals surface area (Å²) in [5.41, 5.74) is 3.19. The third-order valence-corrected chi connectivity index (χ3v) is 3.19. The third-order valence-electron chi connectivity index (χ3n) is 2.96. The van der Waals surface area contributed by atoms with Gasteiger partial charge in [-0.3, -0.25) is 0 Å². The van der Waals surface area contributed by atoms with Gasteiger partial charge in [0.2, 0.25) is 0 Å². The van der Waals surface area contributed by atoms with Crippen molar-refractivity contribution in [2.45, 2.75) is 25.7 Å². The molecule has 2 aromatic rings. The van der Waals surface area contributed by atoms with Gasteiger partial charge in [0.05, 0.1) is 0 Å². The first-order chi connectivity index (χ1) is 8.33. The smallest absolute Gasteiger partial charge is 0.369 e. The Morgan fingerprint density at radius 3 is 2.78 bits per heavy atom. The van der Waals surface area contributed by atoms with Gasteiger partial charge in [-0.15, -0.1) is 5.56 Å². The molecule has 86 valence electrons. The van der Waals surface area contributed by atoms with E-state index in [4.69, 9.17) is 11.6 Å². The second kappa shape index (κ2) is 6.66. The van der Waals surface area contributed by atoms with Crippen molar-refractivity contribution in [1.82, 2.24) is 15.0 Å². The molecule has 1 aliphatic carbocycles. The average molecular weight is 330 g/mol. The summed E-state index contributed by atoms with van der Waals surface area (Å²) in [6.45, 7) is 0. The minimum Gasteiger partial charge on any atom is -0.369 e.